The fraction of sp³-hybridized carbons (Fsp3) is 0.471. The van der Waals surface area contributed by atoms with Crippen LogP contribution in [0.25, 0.3) is 11.1 Å². The second kappa shape index (κ2) is 7.13. The molecule has 0 spiro atoms. The summed E-state index contributed by atoms with van der Waals surface area (Å²) in [7, 11) is 1.94. The standard InChI is InChI=1S/C13H16N2.C4H10/c1-10(2)11-5-4-6-12(7-11)13-8-14-15(3)9-13;1-4(2)3/h4-10H,1-3H3;4H,1-3H3. The van der Waals surface area contributed by atoms with Gasteiger partial charge < -0.3 is 0 Å². The lowest BCUT2D eigenvalue weighted by atomic mass is 9.99. The van der Waals surface area contributed by atoms with Gasteiger partial charge >= 0.3 is 0 Å². The molecule has 0 aliphatic rings. The third-order valence-corrected chi connectivity index (χ3v) is 2.59. The molecule has 0 atom stereocenters. The SMILES string of the molecule is CC(C)C.CC(C)c1cccc(-c2cnn(C)c2)c1. The van der Waals surface area contributed by atoms with E-state index in [1.54, 1.807) is 0 Å². The van der Waals surface area contributed by atoms with Gasteiger partial charge in [0, 0.05) is 18.8 Å². The topological polar surface area (TPSA) is 17.8 Å². The minimum Gasteiger partial charge on any atom is -0.275 e. The number of hydrogen-bond acceptors (Lipinski definition) is 1. The van der Waals surface area contributed by atoms with E-state index in [-0.39, 0.29) is 0 Å². The summed E-state index contributed by atoms with van der Waals surface area (Å²) in [6.45, 7) is 10.9. The van der Waals surface area contributed by atoms with E-state index in [1.807, 2.05) is 24.1 Å². The number of hydrogen-bond donors (Lipinski definition) is 0. The molecule has 2 rings (SSSR count). The first-order valence-corrected chi connectivity index (χ1v) is 6.99. The van der Waals surface area contributed by atoms with Crippen LogP contribution in [0, 0.1) is 5.92 Å². The van der Waals surface area contributed by atoms with Gasteiger partial charge in [0.15, 0.2) is 0 Å². The number of aromatic nitrogens is 2. The molecule has 1 aromatic carbocycles. The lowest BCUT2D eigenvalue weighted by Crippen LogP contribution is -1.87. The Labute approximate surface area is 117 Å². The normalized spacial score (nSPS) is 10.5. The average Bonchev–Trinajstić information content (AvgIpc) is 2.75. The van der Waals surface area contributed by atoms with Crippen LogP contribution in [-0.2, 0) is 7.05 Å². The molecule has 0 N–H and O–H groups in total. The molecule has 2 nitrogen and oxygen atoms in total. The smallest absolute Gasteiger partial charge is 0.0568 e. The summed E-state index contributed by atoms with van der Waals surface area (Å²) >= 11 is 0. The zero-order chi connectivity index (χ0) is 14.4. The predicted octanol–water partition coefficient (Wildman–Crippen LogP) is 4.87. The number of nitrogens with zero attached hydrogens (tertiary/aromatic N) is 2. The molecule has 0 saturated carbocycles. The predicted molar refractivity (Wildman–Crippen MR) is 83.2 cm³/mol. The van der Waals surface area contributed by atoms with Gasteiger partial charge in [-0.3, -0.25) is 4.68 Å². The summed E-state index contributed by atoms with van der Waals surface area (Å²) in [5.74, 6) is 1.40. The highest BCUT2D eigenvalue weighted by atomic mass is 15.2. The Morgan fingerprint density at radius 2 is 1.63 bits per heavy atom. The molecular weight excluding hydrogens is 232 g/mol. The molecule has 104 valence electrons. The fourth-order valence-electron chi connectivity index (χ4n) is 1.65. The quantitative estimate of drug-likeness (QED) is 0.751. The van der Waals surface area contributed by atoms with Crippen molar-refractivity contribution in [3.05, 3.63) is 42.2 Å². The van der Waals surface area contributed by atoms with Crippen LogP contribution in [0.3, 0.4) is 0 Å². The molecule has 1 aromatic heterocycles. The number of rotatable bonds is 2. The number of aryl methyl sites for hydroxylation is 1. The first-order valence-electron chi connectivity index (χ1n) is 6.99. The Kier molecular flexibility index (Phi) is 5.81. The van der Waals surface area contributed by atoms with Gasteiger partial charge in [0.25, 0.3) is 0 Å². The maximum atomic E-state index is 4.18. The zero-order valence-corrected chi connectivity index (χ0v) is 13.0. The van der Waals surface area contributed by atoms with E-state index in [1.165, 1.54) is 16.7 Å². The third-order valence-electron chi connectivity index (χ3n) is 2.59. The van der Waals surface area contributed by atoms with E-state index in [9.17, 15) is 0 Å². The van der Waals surface area contributed by atoms with Crippen molar-refractivity contribution in [1.29, 1.82) is 0 Å². The first-order chi connectivity index (χ1) is 8.90. The minimum atomic E-state index is 0.571. The van der Waals surface area contributed by atoms with E-state index in [0.29, 0.717) is 5.92 Å². The largest absolute Gasteiger partial charge is 0.275 e. The Morgan fingerprint density at radius 3 is 2.11 bits per heavy atom. The molecule has 0 unspecified atom stereocenters. The van der Waals surface area contributed by atoms with E-state index in [0.717, 1.165) is 5.92 Å². The molecule has 0 amide bonds. The van der Waals surface area contributed by atoms with Gasteiger partial charge in [-0.25, -0.2) is 0 Å². The molecule has 0 aliphatic heterocycles. The van der Waals surface area contributed by atoms with E-state index >= 15 is 0 Å². The van der Waals surface area contributed by atoms with Crippen LogP contribution < -0.4 is 0 Å². The molecule has 0 radical (unpaired) electrons. The Balaban J connectivity index is 0.000000399. The second-order valence-electron chi connectivity index (χ2n) is 5.91. The summed E-state index contributed by atoms with van der Waals surface area (Å²) in [5, 5.41) is 4.18. The van der Waals surface area contributed by atoms with Crippen LogP contribution in [0.4, 0.5) is 0 Å². The van der Waals surface area contributed by atoms with Crippen LogP contribution in [0.2, 0.25) is 0 Å². The Morgan fingerprint density at radius 1 is 1.00 bits per heavy atom. The third kappa shape index (κ3) is 5.29. The lowest BCUT2D eigenvalue weighted by Gasteiger charge is -2.06. The molecule has 0 aliphatic carbocycles. The summed E-state index contributed by atoms with van der Waals surface area (Å²) in [6, 6.07) is 8.65. The van der Waals surface area contributed by atoms with Crippen molar-refractivity contribution in [3.63, 3.8) is 0 Å². The van der Waals surface area contributed by atoms with E-state index in [4.69, 9.17) is 0 Å². The minimum absolute atomic E-state index is 0.571. The molecule has 1 heterocycles. The van der Waals surface area contributed by atoms with Crippen molar-refractivity contribution in [1.82, 2.24) is 9.78 Å². The summed E-state index contributed by atoms with van der Waals surface area (Å²) in [5.41, 5.74) is 3.80. The van der Waals surface area contributed by atoms with Crippen LogP contribution in [0.1, 0.15) is 46.1 Å². The van der Waals surface area contributed by atoms with Crippen molar-refractivity contribution in [2.45, 2.75) is 40.5 Å². The van der Waals surface area contributed by atoms with Gasteiger partial charge in [-0.1, -0.05) is 58.9 Å². The van der Waals surface area contributed by atoms with Crippen LogP contribution >= 0.6 is 0 Å². The highest BCUT2D eigenvalue weighted by Crippen LogP contribution is 2.23. The highest BCUT2D eigenvalue weighted by Gasteiger charge is 2.03. The van der Waals surface area contributed by atoms with Gasteiger partial charge in [-0.2, -0.15) is 5.10 Å². The molecule has 0 fully saturated rings. The number of benzene rings is 1. The van der Waals surface area contributed by atoms with Crippen molar-refractivity contribution in [2.24, 2.45) is 13.0 Å². The molecule has 0 bridgehead atoms. The zero-order valence-electron chi connectivity index (χ0n) is 13.0. The summed E-state index contributed by atoms with van der Waals surface area (Å²) in [6.07, 6.45) is 3.94. The lowest BCUT2D eigenvalue weighted by molar-refractivity contribution is 0.737. The second-order valence-corrected chi connectivity index (χ2v) is 5.91. The van der Waals surface area contributed by atoms with E-state index < -0.39 is 0 Å². The van der Waals surface area contributed by atoms with Crippen LogP contribution in [0.15, 0.2) is 36.7 Å². The first kappa shape index (κ1) is 15.5. The van der Waals surface area contributed by atoms with Gasteiger partial charge in [-0.05, 0) is 23.0 Å². The van der Waals surface area contributed by atoms with Crippen molar-refractivity contribution in [3.8, 4) is 11.1 Å². The van der Waals surface area contributed by atoms with Crippen LogP contribution in [-0.4, -0.2) is 9.78 Å². The maximum absolute atomic E-state index is 4.18. The van der Waals surface area contributed by atoms with E-state index in [2.05, 4.69) is 64.0 Å². The van der Waals surface area contributed by atoms with Crippen LogP contribution in [0.5, 0.6) is 0 Å². The molecule has 19 heavy (non-hydrogen) atoms. The highest BCUT2D eigenvalue weighted by molar-refractivity contribution is 5.62. The van der Waals surface area contributed by atoms with Gasteiger partial charge in [0.1, 0.15) is 0 Å². The Hall–Kier alpha value is -1.57. The van der Waals surface area contributed by atoms with Crippen molar-refractivity contribution >= 4 is 0 Å². The molecule has 2 heteroatoms. The van der Waals surface area contributed by atoms with Gasteiger partial charge in [0.2, 0.25) is 0 Å². The average molecular weight is 258 g/mol. The summed E-state index contributed by atoms with van der Waals surface area (Å²) in [4.78, 5) is 0. The van der Waals surface area contributed by atoms with Gasteiger partial charge in [0.05, 0.1) is 6.20 Å². The fourth-order valence-corrected chi connectivity index (χ4v) is 1.65. The van der Waals surface area contributed by atoms with Crippen molar-refractivity contribution < 1.29 is 0 Å². The molecule has 2 aromatic rings. The summed E-state index contributed by atoms with van der Waals surface area (Å²) < 4.78 is 1.83. The molecular formula is C17H26N2. The maximum Gasteiger partial charge on any atom is 0.0568 e. The molecule has 0 saturated heterocycles. The van der Waals surface area contributed by atoms with Crippen molar-refractivity contribution in [2.75, 3.05) is 0 Å². The monoisotopic (exact) mass is 258 g/mol. The van der Waals surface area contributed by atoms with Gasteiger partial charge in [-0.15, -0.1) is 0 Å². The Bertz CT molecular complexity index is 493.